The summed E-state index contributed by atoms with van der Waals surface area (Å²) in [5, 5.41) is 5.31. The van der Waals surface area contributed by atoms with Crippen molar-refractivity contribution in [1.29, 1.82) is 0 Å². The number of aryl methyl sites for hydroxylation is 1. The van der Waals surface area contributed by atoms with Gasteiger partial charge < -0.3 is 18.8 Å². The number of carbonyl (C=O) groups excluding carboxylic acids is 1. The number of fused-ring (bicyclic) bond motifs is 2. The quantitative estimate of drug-likeness (QED) is 0.208. The molecule has 0 unspecified atom stereocenters. The van der Waals surface area contributed by atoms with E-state index in [0.29, 0.717) is 18.7 Å². The first kappa shape index (κ1) is 28.2. The molecule has 2 aliphatic rings. The average molecular weight is 596 g/mol. The van der Waals surface area contributed by atoms with Gasteiger partial charge in [0, 0.05) is 32.1 Å². The molecule has 0 N–H and O–H groups in total. The molecule has 5 aromatic rings. The minimum absolute atomic E-state index is 0.147. The Hall–Kier alpha value is -4.54. The van der Waals surface area contributed by atoms with E-state index in [9.17, 15) is 9.18 Å². The number of benzene rings is 3. The fraction of sp³-hybridized carbons (Fsp3) is 0.324. The van der Waals surface area contributed by atoms with Crippen molar-refractivity contribution in [2.45, 2.75) is 38.6 Å². The summed E-state index contributed by atoms with van der Waals surface area (Å²) in [6, 6.07) is 16.6. The second kappa shape index (κ2) is 11.9. The number of hydrogen-bond acceptors (Lipinski definition) is 7. The van der Waals surface area contributed by atoms with Gasteiger partial charge in [-0.05, 0) is 72.0 Å². The van der Waals surface area contributed by atoms with Crippen LogP contribution in [0.2, 0.25) is 0 Å². The standard InChI is InChI=1S/C34H34FN5O4/c1-38-30-8-3-22(15-26(30)18-36-38)21-44-32-17-24(4-6-28(32)35)23-9-12-39(13-10-23)20-33-37-29-7-5-25(34(41)42-2)16-31(29)40(33)19-27-11-14-43-27/h3-9,15-18,27H,10-14,19-21H2,1-2H3/t27-/m0/s1. The Labute approximate surface area is 254 Å². The van der Waals surface area contributed by atoms with E-state index in [0.717, 1.165) is 71.4 Å². The van der Waals surface area contributed by atoms with Crippen LogP contribution >= 0.6 is 0 Å². The molecular weight excluding hydrogens is 561 g/mol. The largest absolute Gasteiger partial charge is 0.486 e. The van der Waals surface area contributed by atoms with Gasteiger partial charge in [0.1, 0.15) is 12.4 Å². The maximum absolute atomic E-state index is 14.7. The van der Waals surface area contributed by atoms with E-state index in [2.05, 4.69) is 20.6 Å². The van der Waals surface area contributed by atoms with Crippen LogP contribution in [0.3, 0.4) is 0 Å². The van der Waals surface area contributed by atoms with Crippen LogP contribution in [0.5, 0.6) is 5.75 Å². The summed E-state index contributed by atoms with van der Waals surface area (Å²) < 4.78 is 35.3. The first-order valence-corrected chi connectivity index (χ1v) is 14.9. The third-order valence-electron chi connectivity index (χ3n) is 8.59. The number of methoxy groups -OCH3 is 1. The van der Waals surface area contributed by atoms with Crippen molar-refractivity contribution >= 4 is 33.5 Å². The van der Waals surface area contributed by atoms with E-state index in [1.54, 1.807) is 12.1 Å². The topological polar surface area (TPSA) is 83.6 Å². The number of carbonyl (C=O) groups is 1. The molecule has 3 aromatic carbocycles. The number of nitrogens with zero attached hydrogens (tertiary/aromatic N) is 5. The average Bonchev–Trinajstić information content (AvgIpc) is 3.56. The molecule has 9 nitrogen and oxygen atoms in total. The van der Waals surface area contributed by atoms with Crippen LogP contribution in [-0.2, 0) is 36.2 Å². The second-order valence-corrected chi connectivity index (χ2v) is 11.4. The summed E-state index contributed by atoms with van der Waals surface area (Å²) in [4.78, 5) is 19.5. The van der Waals surface area contributed by atoms with Gasteiger partial charge in [-0.25, -0.2) is 14.2 Å². The Morgan fingerprint density at radius 2 is 2.00 bits per heavy atom. The summed E-state index contributed by atoms with van der Waals surface area (Å²) >= 11 is 0. The van der Waals surface area contributed by atoms with Crippen molar-refractivity contribution in [3.8, 4) is 5.75 Å². The molecular formula is C34H34FN5O4. The zero-order valence-corrected chi connectivity index (χ0v) is 24.8. The van der Waals surface area contributed by atoms with Crippen LogP contribution in [0.25, 0.3) is 27.5 Å². The fourth-order valence-electron chi connectivity index (χ4n) is 5.97. The van der Waals surface area contributed by atoms with Crippen molar-refractivity contribution in [1.82, 2.24) is 24.2 Å². The smallest absolute Gasteiger partial charge is 0.337 e. The van der Waals surface area contributed by atoms with Gasteiger partial charge in [0.15, 0.2) is 11.6 Å². The van der Waals surface area contributed by atoms with E-state index in [4.69, 9.17) is 19.2 Å². The normalized spacial score (nSPS) is 17.1. The highest BCUT2D eigenvalue weighted by molar-refractivity contribution is 5.93. The number of rotatable bonds is 9. The van der Waals surface area contributed by atoms with Crippen molar-refractivity contribution in [3.63, 3.8) is 0 Å². The maximum atomic E-state index is 14.7. The van der Waals surface area contributed by atoms with E-state index >= 15 is 0 Å². The first-order chi connectivity index (χ1) is 21.4. The summed E-state index contributed by atoms with van der Waals surface area (Å²) in [6.45, 7) is 3.98. The highest BCUT2D eigenvalue weighted by Crippen LogP contribution is 2.30. The van der Waals surface area contributed by atoms with Gasteiger partial charge in [-0.3, -0.25) is 9.58 Å². The lowest BCUT2D eigenvalue weighted by molar-refractivity contribution is -0.0591. The molecule has 0 aliphatic carbocycles. The summed E-state index contributed by atoms with van der Waals surface area (Å²) in [7, 11) is 3.30. The second-order valence-electron chi connectivity index (χ2n) is 11.4. The molecule has 0 spiro atoms. The maximum Gasteiger partial charge on any atom is 0.337 e. The van der Waals surface area contributed by atoms with Crippen LogP contribution in [0.1, 0.15) is 40.2 Å². The predicted octanol–water partition coefficient (Wildman–Crippen LogP) is 5.51. The van der Waals surface area contributed by atoms with Gasteiger partial charge in [-0.1, -0.05) is 18.2 Å². The first-order valence-electron chi connectivity index (χ1n) is 14.9. The van der Waals surface area contributed by atoms with Crippen LogP contribution in [0.4, 0.5) is 4.39 Å². The summed E-state index contributed by atoms with van der Waals surface area (Å²) in [5.74, 6) is 0.445. The minimum Gasteiger partial charge on any atom is -0.486 e. The molecule has 0 bridgehead atoms. The van der Waals surface area contributed by atoms with Crippen molar-refractivity contribution in [2.75, 3.05) is 26.8 Å². The van der Waals surface area contributed by atoms with Gasteiger partial charge >= 0.3 is 5.97 Å². The molecule has 4 heterocycles. The molecule has 1 saturated heterocycles. The molecule has 7 rings (SSSR count). The zero-order valence-electron chi connectivity index (χ0n) is 24.8. The number of hydrogen-bond donors (Lipinski definition) is 0. The van der Waals surface area contributed by atoms with Gasteiger partial charge in [0.25, 0.3) is 0 Å². The Morgan fingerprint density at radius 1 is 1.11 bits per heavy atom. The summed E-state index contributed by atoms with van der Waals surface area (Å²) in [6.07, 6.45) is 6.00. The van der Waals surface area contributed by atoms with Crippen molar-refractivity contribution < 1.29 is 23.4 Å². The lowest BCUT2D eigenvalue weighted by atomic mass is 9.99. The number of halogens is 1. The lowest BCUT2D eigenvalue weighted by Crippen LogP contribution is -2.33. The third-order valence-corrected chi connectivity index (χ3v) is 8.59. The third kappa shape index (κ3) is 5.58. The lowest BCUT2D eigenvalue weighted by Gasteiger charge is -2.29. The summed E-state index contributed by atoms with van der Waals surface area (Å²) in [5.41, 5.74) is 6.39. The van der Waals surface area contributed by atoms with Crippen molar-refractivity contribution in [2.24, 2.45) is 7.05 Å². The van der Waals surface area contributed by atoms with Crippen LogP contribution in [0, 0.1) is 5.82 Å². The number of imidazole rings is 1. The van der Waals surface area contributed by atoms with E-state index < -0.39 is 0 Å². The van der Waals surface area contributed by atoms with Gasteiger partial charge in [0.2, 0.25) is 0 Å². The minimum atomic E-state index is -0.376. The zero-order chi connectivity index (χ0) is 30.2. The molecule has 226 valence electrons. The number of aromatic nitrogens is 4. The molecule has 10 heteroatoms. The molecule has 44 heavy (non-hydrogen) atoms. The molecule has 1 atom stereocenters. The molecule has 0 saturated carbocycles. The number of esters is 1. The van der Waals surface area contributed by atoms with E-state index in [1.165, 1.54) is 18.7 Å². The Balaban J connectivity index is 1.05. The molecule has 1 fully saturated rings. The van der Waals surface area contributed by atoms with Gasteiger partial charge in [0.05, 0.1) is 54.6 Å². The molecule has 2 aromatic heterocycles. The molecule has 0 amide bonds. The van der Waals surface area contributed by atoms with Crippen LogP contribution < -0.4 is 4.74 Å². The van der Waals surface area contributed by atoms with E-state index in [1.807, 2.05) is 54.3 Å². The number of ether oxygens (including phenoxy) is 3. The Kier molecular flexibility index (Phi) is 7.61. The highest BCUT2D eigenvalue weighted by Gasteiger charge is 2.24. The van der Waals surface area contributed by atoms with Gasteiger partial charge in [-0.2, -0.15) is 5.10 Å². The van der Waals surface area contributed by atoms with Crippen LogP contribution in [-0.4, -0.2) is 63.1 Å². The van der Waals surface area contributed by atoms with Crippen LogP contribution in [0.15, 0.2) is 66.9 Å². The predicted molar refractivity (Wildman–Crippen MR) is 165 cm³/mol. The van der Waals surface area contributed by atoms with Crippen molar-refractivity contribution in [3.05, 3.63) is 95.2 Å². The molecule has 0 radical (unpaired) electrons. The molecule has 2 aliphatic heterocycles. The SMILES string of the molecule is COC(=O)c1ccc2nc(CN3CC=C(c4ccc(F)c(OCc5ccc6c(cnn6C)c5)c4)CC3)n(C[C@@H]3CCO3)c2c1. The Morgan fingerprint density at radius 3 is 2.77 bits per heavy atom. The Bertz CT molecular complexity index is 1890. The fourth-order valence-corrected chi connectivity index (χ4v) is 5.97. The van der Waals surface area contributed by atoms with E-state index in [-0.39, 0.29) is 30.2 Å². The monoisotopic (exact) mass is 595 g/mol. The van der Waals surface area contributed by atoms with Gasteiger partial charge in [-0.15, -0.1) is 0 Å². The highest BCUT2D eigenvalue weighted by atomic mass is 19.1.